The summed E-state index contributed by atoms with van der Waals surface area (Å²) in [5.41, 5.74) is 7.17. The van der Waals surface area contributed by atoms with Crippen LogP contribution >= 0.6 is 12.4 Å². The summed E-state index contributed by atoms with van der Waals surface area (Å²) in [7, 11) is 0. The summed E-state index contributed by atoms with van der Waals surface area (Å²) in [5.74, 6) is 0. The average Bonchev–Trinajstić information content (AvgIpc) is 1.88. The normalized spacial score (nSPS) is 7.91. The molecule has 1 aromatic rings. The highest BCUT2D eigenvalue weighted by atomic mass is 35.5. The van der Waals surface area contributed by atoms with Gasteiger partial charge < -0.3 is 5.73 Å². The van der Waals surface area contributed by atoms with Gasteiger partial charge in [0.2, 0.25) is 0 Å². The lowest BCUT2D eigenvalue weighted by Gasteiger charge is -1.94. The van der Waals surface area contributed by atoms with Gasteiger partial charge in [-0.05, 0) is 17.7 Å². The molecule has 0 aliphatic rings. The first-order valence-corrected chi connectivity index (χ1v) is 3.04. The molecular weight excluding hydrogens is 160 g/mol. The van der Waals surface area contributed by atoms with Crippen molar-refractivity contribution < 1.29 is 0 Å². The lowest BCUT2D eigenvalue weighted by atomic mass is 10.1. The number of benzene rings is 1. The summed E-state index contributed by atoms with van der Waals surface area (Å²) < 4.78 is 0. The number of halogens is 1. The monoisotopic (exact) mass is 168 g/mol. The molecule has 0 heterocycles. The summed E-state index contributed by atoms with van der Waals surface area (Å²) >= 11 is 0. The Kier molecular flexibility index (Phi) is 4.09. The fraction of sp³-hybridized carbons (Fsp3) is 0.125. The van der Waals surface area contributed by atoms with E-state index in [2.05, 4.69) is 6.07 Å². The molecule has 0 aromatic heterocycles. The van der Waals surface area contributed by atoms with Crippen molar-refractivity contribution in [3.63, 3.8) is 0 Å². The second-order valence-electron chi connectivity index (χ2n) is 2.08. The number of rotatable bonds is 1. The zero-order valence-corrected chi connectivity index (χ0v) is 6.77. The van der Waals surface area contributed by atoms with Crippen LogP contribution in [0.3, 0.4) is 0 Å². The van der Waals surface area contributed by atoms with Gasteiger partial charge >= 0.3 is 0 Å². The third kappa shape index (κ3) is 2.92. The minimum Gasteiger partial charge on any atom is -0.399 e. The summed E-state index contributed by atoms with van der Waals surface area (Å²) in [6.07, 6.45) is 0.436. The summed E-state index contributed by atoms with van der Waals surface area (Å²) in [5, 5.41) is 8.32. The molecule has 0 saturated carbocycles. The fourth-order valence-electron chi connectivity index (χ4n) is 0.794. The minimum atomic E-state index is 0. The Morgan fingerprint density at radius 2 is 2.18 bits per heavy atom. The van der Waals surface area contributed by atoms with Crippen LogP contribution in [-0.4, -0.2) is 0 Å². The lowest BCUT2D eigenvalue weighted by molar-refractivity contribution is 1.26. The van der Waals surface area contributed by atoms with Gasteiger partial charge in [0, 0.05) is 5.69 Å². The van der Waals surface area contributed by atoms with E-state index < -0.39 is 0 Å². The van der Waals surface area contributed by atoms with Gasteiger partial charge in [0.1, 0.15) is 0 Å². The molecule has 1 aromatic carbocycles. The van der Waals surface area contributed by atoms with Crippen LogP contribution in [0, 0.1) is 11.3 Å². The van der Waals surface area contributed by atoms with Gasteiger partial charge in [-0.2, -0.15) is 5.26 Å². The van der Waals surface area contributed by atoms with Crippen LogP contribution in [0.4, 0.5) is 5.69 Å². The minimum absolute atomic E-state index is 0. The number of nitrogen functional groups attached to an aromatic ring is 1. The van der Waals surface area contributed by atoms with Crippen LogP contribution in [0.25, 0.3) is 0 Å². The molecule has 0 radical (unpaired) electrons. The SMILES string of the molecule is Cl.N#CCc1cccc(N)c1. The molecule has 2 nitrogen and oxygen atoms in total. The third-order valence-electron chi connectivity index (χ3n) is 1.23. The predicted molar refractivity (Wildman–Crippen MR) is 47.4 cm³/mol. The molecule has 0 saturated heterocycles. The molecule has 1 rings (SSSR count). The van der Waals surface area contributed by atoms with Crippen molar-refractivity contribution in [1.29, 1.82) is 5.26 Å². The van der Waals surface area contributed by atoms with Crippen molar-refractivity contribution in [1.82, 2.24) is 0 Å². The number of anilines is 1. The molecule has 0 aliphatic heterocycles. The van der Waals surface area contributed by atoms with E-state index >= 15 is 0 Å². The molecule has 0 bridgehead atoms. The predicted octanol–water partition coefficient (Wildman–Crippen LogP) is 1.76. The van der Waals surface area contributed by atoms with E-state index in [4.69, 9.17) is 11.0 Å². The Hall–Kier alpha value is -1.20. The van der Waals surface area contributed by atoms with Gasteiger partial charge in [-0.3, -0.25) is 0 Å². The molecule has 11 heavy (non-hydrogen) atoms. The molecule has 0 amide bonds. The quantitative estimate of drug-likeness (QED) is 0.650. The van der Waals surface area contributed by atoms with Crippen LogP contribution in [-0.2, 0) is 6.42 Å². The van der Waals surface area contributed by atoms with Crippen molar-refractivity contribution in [3.8, 4) is 6.07 Å². The molecule has 58 valence electrons. The highest BCUT2D eigenvalue weighted by Gasteiger charge is 1.89. The number of hydrogen-bond acceptors (Lipinski definition) is 2. The topological polar surface area (TPSA) is 49.8 Å². The van der Waals surface area contributed by atoms with Crippen LogP contribution in [0.5, 0.6) is 0 Å². The molecule has 3 heteroatoms. The number of nitrogens with two attached hydrogens (primary N) is 1. The molecule has 0 atom stereocenters. The Morgan fingerprint density at radius 3 is 2.73 bits per heavy atom. The maximum Gasteiger partial charge on any atom is 0.0669 e. The van der Waals surface area contributed by atoms with Gasteiger partial charge in [0.15, 0.2) is 0 Å². The van der Waals surface area contributed by atoms with E-state index in [1.165, 1.54) is 0 Å². The number of nitriles is 1. The highest BCUT2D eigenvalue weighted by molar-refractivity contribution is 5.85. The van der Waals surface area contributed by atoms with Gasteiger partial charge in [0.05, 0.1) is 12.5 Å². The Balaban J connectivity index is 0.000001000. The zero-order valence-electron chi connectivity index (χ0n) is 5.95. The van der Waals surface area contributed by atoms with Crippen LogP contribution in [0.2, 0.25) is 0 Å². The van der Waals surface area contributed by atoms with E-state index in [1.807, 2.05) is 18.2 Å². The Bertz CT molecular complexity index is 265. The van der Waals surface area contributed by atoms with Gasteiger partial charge in [-0.1, -0.05) is 12.1 Å². The molecular formula is C8H9ClN2. The van der Waals surface area contributed by atoms with Gasteiger partial charge in [0.25, 0.3) is 0 Å². The van der Waals surface area contributed by atoms with Crippen LogP contribution < -0.4 is 5.73 Å². The lowest BCUT2D eigenvalue weighted by Crippen LogP contribution is -1.86. The molecule has 0 aliphatic carbocycles. The number of nitrogens with zero attached hydrogens (tertiary/aromatic N) is 1. The van der Waals surface area contributed by atoms with Gasteiger partial charge in [-0.15, -0.1) is 12.4 Å². The van der Waals surface area contributed by atoms with Crippen molar-refractivity contribution in [2.24, 2.45) is 0 Å². The maximum atomic E-state index is 8.32. The molecule has 0 unspecified atom stereocenters. The van der Waals surface area contributed by atoms with E-state index in [0.29, 0.717) is 12.1 Å². The molecule has 0 fully saturated rings. The second-order valence-corrected chi connectivity index (χ2v) is 2.08. The summed E-state index contributed by atoms with van der Waals surface area (Å²) in [4.78, 5) is 0. The molecule has 0 spiro atoms. The Morgan fingerprint density at radius 1 is 1.45 bits per heavy atom. The van der Waals surface area contributed by atoms with E-state index in [-0.39, 0.29) is 12.4 Å². The first-order chi connectivity index (χ1) is 4.83. The number of hydrogen-bond donors (Lipinski definition) is 1. The van der Waals surface area contributed by atoms with Gasteiger partial charge in [-0.25, -0.2) is 0 Å². The van der Waals surface area contributed by atoms with Crippen molar-refractivity contribution in [3.05, 3.63) is 29.8 Å². The van der Waals surface area contributed by atoms with Crippen molar-refractivity contribution in [2.45, 2.75) is 6.42 Å². The summed E-state index contributed by atoms with van der Waals surface area (Å²) in [6.45, 7) is 0. The van der Waals surface area contributed by atoms with Crippen LogP contribution in [0.1, 0.15) is 5.56 Å². The molecule has 2 N–H and O–H groups in total. The third-order valence-corrected chi connectivity index (χ3v) is 1.23. The van der Waals surface area contributed by atoms with E-state index in [9.17, 15) is 0 Å². The second kappa shape index (κ2) is 4.59. The summed E-state index contributed by atoms with van der Waals surface area (Å²) in [6, 6.07) is 9.41. The zero-order chi connectivity index (χ0) is 7.40. The largest absolute Gasteiger partial charge is 0.399 e. The standard InChI is InChI=1S/C8H8N2.ClH/c9-5-4-7-2-1-3-8(10)6-7;/h1-3,6H,4,10H2;1H. The van der Waals surface area contributed by atoms with Crippen molar-refractivity contribution in [2.75, 3.05) is 5.73 Å². The van der Waals surface area contributed by atoms with Crippen molar-refractivity contribution >= 4 is 18.1 Å². The maximum absolute atomic E-state index is 8.32. The smallest absolute Gasteiger partial charge is 0.0669 e. The van der Waals surface area contributed by atoms with Crippen LogP contribution in [0.15, 0.2) is 24.3 Å². The highest BCUT2D eigenvalue weighted by Crippen LogP contribution is 2.05. The fourth-order valence-corrected chi connectivity index (χ4v) is 0.794. The van der Waals surface area contributed by atoms with E-state index in [0.717, 1.165) is 5.56 Å². The van der Waals surface area contributed by atoms with E-state index in [1.54, 1.807) is 6.07 Å². The Labute approximate surface area is 72.0 Å². The average molecular weight is 169 g/mol. The first-order valence-electron chi connectivity index (χ1n) is 3.04. The first kappa shape index (κ1) is 9.80.